The van der Waals surface area contributed by atoms with Crippen molar-refractivity contribution >= 4 is 44.4 Å². The molecule has 2 aliphatic rings. The molecular formula is C29H37IN6O6S. The molecule has 0 bridgehead atoms. The van der Waals surface area contributed by atoms with Gasteiger partial charge in [-0.2, -0.15) is 4.98 Å². The second-order valence-corrected chi connectivity index (χ2v) is 15.2. The average Bonchev–Trinajstić information content (AvgIpc) is 2.91. The third-order valence-corrected chi connectivity index (χ3v) is 8.62. The van der Waals surface area contributed by atoms with Gasteiger partial charge in [-0.25, -0.2) is 13.4 Å². The van der Waals surface area contributed by atoms with Crippen molar-refractivity contribution in [2.24, 2.45) is 5.41 Å². The van der Waals surface area contributed by atoms with Crippen LogP contribution in [-0.2, 0) is 14.8 Å². The number of alkyl halides is 1. The van der Waals surface area contributed by atoms with Gasteiger partial charge in [-0.15, -0.1) is 0 Å². The molecule has 1 aromatic carbocycles. The largest absolute Gasteiger partial charge is 0.496 e. The van der Waals surface area contributed by atoms with Crippen molar-refractivity contribution in [2.75, 3.05) is 39.5 Å². The Bertz CT molecular complexity index is 1580. The predicted octanol–water partition coefficient (Wildman–Crippen LogP) is 3.27. The van der Waals surface area contributed by atoms with Crippen LogP contribution >= 0.6 is 22.6 Å². The highest BCUT2D eigenvalue weighted by molar-refractivity contribution is 14.1. The minimum Gasteiger partial charge on any atom is -0.496 e. The summed E-state index contributed by atoms with van der Waals surface area (Å²) in [6.07, 6.45) is 4.69. The van der Waals surface area contributed by atoms with E-state index >= 15 is 0 Å². The molecule has 0 unspecified atom stereocenters. The van der Waals surface area contributed by atoms with Crippen LogP contribution in [0.4, 0.5) is 0 Å². The molecule has 232 valence electrons. The number of methoxy groups -OCH3 is 1. The lowest BCUT2D eigenvalue weighted by Crippen LogP contribution is -2.49. The predicted molar refractivity (Wildman–Crippen MR) is 170 cm³/mol. The summed E-state index contributed by atoms with van der Waals surface area (Å²) in [6.45, 7) is 10.5. The minimum absolute atomic E-state index is 0.0364. The molecular weight excluding hydrogens is 687 g/mol. The molecule has 3 N–H and O–H groups in total. The number of aromatic nitrogens is 2. The third-order valence-electron chi connectivity index (χ3n) is 6.89. The van der Waals surface area contributed by atoms with E-state index in [1.807, 2.05) is 27.7 Å². The fraction of sp³-hybridized carbons (Fsp3) is 0.448. The Kier molecular flexibility index (Phi) is 9.71. The van der Waals surface area contributed by atoms with E-state index in [-0.39, 0.29) is 34.5 Å². The number of piperazine rings is 1. The van der Waals surface area contributed by atoms with Gasteiger partial charge in [-0.1, -0.05) is 26.3 Å². The number of halogens is 1. The smallest absolute Gasteiger partial charge is 0.291 e. The van der Waals surface area contributed by atoms with Crippen LogP contribution < -0.4 is 20.1 Å². The number of benzene rings is 1. The summed E-state index contributed by atoms with van der Waals surface area (Å²) in [4.78, 5) is 36.7. The summed E-state index contributed by atoms with van der Waals surface area (Å²) in [5, 5.41) is 6.27. The van der Waals surface area contributed by atoms with E-state index in [1.54, 1.807) is 35.2 Å². The molecule has 1 aliphatic carbocycles. The summed E-state index contributed by atoms with van der Waals surface area (Å²) in [5.41, 5.74) is 1.96. The monoisotopic (exact) mass is 724 g/mol. The van der Waals surface area contributed by atoms with E-state index in [2.05, 4.69) is 47.9 Å². The van der Waals surface area contributed by atoms with Gasteiger partial charge < -0.3 is 25.0 Å². The number of hydrogen-bond donors (Lipinski definition) is 3. The molecule has 14 heteroatoms. The molecule has 12 nitrogen and oxygen atoms in total. The molecule has 0 radical (unpaired) electrons. The van der Waals surface area contributed by atoms with Gasteiger partial charge in [0, 0.05) is 50.4 Å². The highest BCUT2D eigenvalue weighted by atomic mass is 127. The van der Waals surface area contributed by atoms with Crippen molar-refractivity contribution in [3.63, 3.8) is 0 Å². The maximum atomic E-state index is 13.7. The number of aryl methyl sites for hydroxylation is 1. The number of allylic oxidation sites excluding steroid dienone is 1. The van der Waals surface area contributed by atoms with E-state index in [0.717, 1.165) is 17.4 Å². The Balaban J connectivity index is 1.60. The Morgan fingerprint density at radius 3 is 2.49 bits per heavy atom. The zero-order valence-corrected chi connectivity index (χ0v) is 28.1. The zero-order valence-electron chi connectivity index (χ0n) is 25.1. The number of nitrogens with one attached hydrogen (secondary N) is 3. The van der Waals surface area contributed by atoms with Crippen LogP contribution in [0, 0.1) is 12.3 Å². The van der Waals surface area contributed by atoms with E-state index in [4.69, 9.17) is 9.47 Å². The summed E-state index contributed by atoms with van der Waals surface area (Å²) >= 11 is 2.10. The minimum atomic E-state index is -3.62. The standard InChI is InChI=1S/C29H37IN6O6S/c1-18-13-19(15-21(14-18)42-23-7-8-32-25(33-23)27(38)36-11-9-31-10-12-36)26(37)34-29(30)17-20(28(2,3)4)16-22(24(29)41-5)35-43(6,39)40/h7-8,13-16,31,35H,9-12,17H2,1-6H3,(H,34,37)/t29-/m1/s1. The maximum Gasteiger partial charge on any atom is 0.291 e. The fourth-order valence-electron chi connectivity index (χ4n) is 4.80. The maximum absolute atomic E-state index is 13.7. The van der Waals surface area contributed by atoms with Crippen LogP contribution in [0.15, 0.2) is 53.6 Å². The molecule has 2 heterocycles. The summed E-state index contributed by atoms with van der Waals surface area (Å²) in [7, 11) is -2.18. The zero-order chi connectivity index (χ0) is 31.6. The Hall–Kier alpha value is -3.24. The topological polar surface area (TPSA) is 152 Å². The lowest BCUT2D eigenvalue weighted by Gasteiger charge is -2.39. The highest BCUT2D eigenvalue weighted by Crippen LogP contribution is 2.44. The third kappa shape index (κ3) is 8.23. The first kappa shape index (κ1) is 32.7. The van der Waals surface area contributed by atoms with E-state index in [1.165, 1.54) is 13.3 Å². The molecule has 0 saturated carbocycles. The van der Waals surface area contributed by atoms with Crippen LogP contribution in [-0.4, -0.2) is 78.2 Å². The van der Waals surface area contributed by atoms with Crippen LogP contribution in [0.25, 0.3) is 0 Å². The quantitative estimate of drug-likeness (QED) is 0.212. The van der Waals surface area contributed by atoms with Gasteiger partial charge >= 0.3 is 0 Å². The molecule has 1 aromatic heterocycles. The first-order chi connectivity index (χ1) is 20.1. The summed E-state index contributed by atoms with van der Waals surface area (Å²) < 4.78 is 37.4. The number of amides is 2. The Morgan fingerprint density at radius 2 is 1.86 bits per heavy atom. The first-order valence-corrected chi connectivity index (χ1v) is 16.7. The molecule has 1 saturated heterocycles. The molecule has 1 aliphatic heterocycles. The van der Waals surface area contributed by atoms with Crippen molar-refractivity contribution in [1.29, 1.82) is 0 Å². The molecule has 1 fully saturated rings. The van der Waals surface area contributed by atoms with Crippen LogP contribution in [0.5, 0.6) is 11.6 Å². The number of sulfonamides is 1. The van der Waals surface area contributed by atoms with Crippen LogP contribution in [0.3, 0.4) is 0 Å². The molecule has 4 rings (SSSR count). The van der Waals surface area contributed by atoms with Crippen molar-refractivity contribution in [1.82, 2.24) is 30.2 Å². The summed E-state index contributed by atoms with van der Waals surface area (Å²) in [5.74, 6) is 0.160. The molecule has 1 atom stereocenters. The second-order valence-electron chi connectivity index (χ2n) is 11.6. The fourth-order valence-corrected chi connectivity index (χ4v) is 6.52. The molecule has 0 spiro atoms. The van der Waals surface area contributed by atoms with Gasteiger partial charge in [-0.05, 0) is 64.8 Å². The Labute approximate surface area is 265 Å². The van der Waals surface area contributed by atoms with Crippen LogP contribution in [0.2, 0.25) is 0 Å². The van der Waals surface area contributed by atoms with Gasteiger partial charge in [0.25, 0.3) is 11.8 Å². The van der Waals surface area contributed by atoms with Crippen molar-refractivity contribution in [3.8, 4) is 11.6 Å². The number of hydrogen-bond acceptors (Lipinski definition) is 9. The van der Waals surface area contributed by atoms with Crippen molar-refractivity contribution in [3.05, 3.63) is 70.5 Å². The van der Waals surface area contributed by atoms with Gasteiger partial charge in [-0.3, -0.25) is 14.3 Å². The lowest BCUT2D eigenvalue weighted by molar-refractivity contribution is 0.0722. The van der Waals surface area contributed by atoms with E-state index in [0.29, 0.717) is 43.9 Å². The first-order valence-electron chi connectivity index (χ1n) is 13.7. The van der Waals surface area contributed by atoms with Gasteiger partial charge in [0.1, 0.15) is 5.75 Å². The number of nitrogens with zero attached hydrogens (tertiary/aromatic N) is 3. The molecule has 2 amide bonds. The number of carbonyl (C=O) groups is 2. The summed E-state index contributed by atoms with van der Waals surface area (Å²) in [6, 6.07) is 6.60. The normalized spacial score (nSPS) is 19.4. The number of carbonyl (C=O) groups excluding carboxylic acids is 2. The van der Waals surface area contributed by atoms with E-state index < -0.39 is 19.5 Å². The molecule has 43 heavy (non-hydrogen) atoms. The van der Waals surface area contributed by atoms with E-state index in [9.17, 15) is 18.0 Å². The Morgan fingerprint density at radius 1 is 1.16 bits per heavy atom. The SMILES string of the molecule is COC1=C(NS(C)(=O)=O)C=C(C(C)(C)C)C[C@@]1(I)NC(=O)c1cc(C)cc(Oc2ccnc(C(=O)N3CCNCC3)n2)c1. The second kappa shape index (κ2) is 12.8. The number of ether oxygens (including phenoxy) is 2. The van der Waals surface area contributed by atoms with Gasteiger partial charge in [0.05, 0.1) is 19.1 Å². The molecule has 2 aromatic rings. The highest BCUT2D eigenvalue weighted by Gasteiger charge is 2.43. The van der Waals surface area contributed by atoms with Crippen molar-refractivity contribution < 1.29 is 27.5 Å². The van der Waals surface area contributed by atoms with Gasteiger partial charge in [0.15, 0.2) is 9.30 Å². The lowest BCUT2D eigenvalue weighted by atomic mass is 9.79. The van der Waals surface area contributed by atoms with Crippen molar-refractivity contribution in [2.45, 2.75) is 37.7 Å². The van der Waals surface area contributed by atoms with Gasteiger partial charge in [0.2, 0.25) is 21.7 Å². The number of rotatable bonds is 8. The van der Waals surface area contributed by atoms with Crippen LogP contribution in [0.1, 0.15) is 53.7 Å². The average molecular weight is 725 g/mol.